The Morgan fingerprint density at radius 2 is 1.69 bits per heavy atom. The fourth-order valence-electron chi connectivity index (χ4n) is 5.51. The number of hydrogen-bond acceptors (Lipinski definition) is 5. The number of sulfonamides is 1. The minimum absolute atomic E-state index is 0.0912. The Kier molecular flexibility index (Phi) is 8.42. The van der Waals surface area contributed by atoms with Crippen molar-refractivity contribution in [1.29, 1.82) is 0 Å². The highest BCUT2D eigenvalue weighted by atomic mass is 32.2. The number of piperidine rings is 1. The van der Waals surface area contributed by atoms with Gasteiger partial charge in [0, 0.05) is 31.2 Å². The second-order valence-corrected chi connectivity index (χ2v) is 12.5. The van der Waals surface area contributed by atoms with Gasteiger partial charge in [-0.2, -0.15) is 4.31 Å². The van der Waals surface area contributed by atoms with Crippen molar-refractivity contribution in [3.05, 3.63) is 65.2 Å². The number of rotatable bonds is 9. The van der Waals surface area contributed by atoms with E-state index in [1.807, 2.05) is 0 Å². The Morgan fingerprint density at radius 3 is 2.34 bits per heavy atom. The summed E-state index contributed by atoms with van der Waals surface area (Å²) in [6.07, 6.45) is 3.45. The lowest BCUT2D eigenvalue weighted by atomic mass is 9.94. The van der Waals surface area contributed by atoms with Crippen molar-refractivity contribution >= 4 is 15.8 Å². The van der Waals surface area contributed by atoms with Crippen molar-refractivity contribution in [3.63, 3.8) is 0 Å². The molecule has 7 heteroatoms. The molecule has 0 aliphatic carbocycles. The highest BCUT2D eigenvalue weighted by Crippen LogP contribution is 2.27. The third kappa shape index (κ3) is 6.39. The molecule has 6 nitrogen and oxygen atoms in total. The van der Waals surface area contributed by atoms with E-state index in [-0.39, 0.29) is 23.3 Å². The maximum absolute atomic E-state index is 13.3. The summed E-state index contributed by atoms with van der Waals surface area (Å²) >= 11 is 0. The van der Waals surface area contributed by atoms with Gasteiger partial charge in [-0.15, -0.1) is 0 Å². The Bertz CT molecular complexity index is 1100. The van der Waals surface area contributed by atoms with E-state index in [1.54, 1.807) is 28.6 Å². The zero-order valence-electron chi connectivity index (χ0n) is 21.2. The number of benzene rings is 2. The second-order valence-electron chi connectivity index (χ2n) is 10.5. The average molecular weight is 498 g/mol. The fraction of sp³-hybridized carbons (Fsp3) is 0.536. The van der Waals surface area contributed by atoms with Crippen LogP contribution in [0.25, 0.3) is 0 Å². The molecule has 2 aromatic carbocycles. The highest BCUT2D eigenvalue weighted by molar-refractivity contribution is 7.89. The van der Waals surface area contributed by atoms with Gasteiger partial charge in [0.2, 0.25) is 10.0 Å². The molecule has 3 atom stereocenters. The summed E-state index contributed by atoms with van der Waals surface area (Å²) in [7, 11) is -3.61. The van der Waals surface area contributed by atoms with Crippen LogP contribution in [0.1, 0.15) is 60.6 Å². The molecule has 190 valence electrons. The molecule has 0 amide bonds. The summed E-state index contributed by atoms with van der Waals surface area (Å²) < 4.78 is 28.1. The first kappa shape index (κ1) is 26.0. The number of nitrogens with zero attached hydrogens (tertiary/aromatic N) is 2. The maximum Gasteiger partial charge on any atom is 0.243 e. The van der Waals surface area contributed by atoms with Crippen LogP contribution in [-0.2, 0) is 10.0 Å². The zero-order valence-corrected chi connectivity index (χ0v) is 22.1. The third-order valence-corrected chi connectivity index (χ3v) is 9.12. The topological polar surface area (TPSA) is 69.7 Å². The van der Waals surface area contributed by atoms with Crippen LogP contribution in [0.5, 0.6) is 0 Å². The van der Waals surface area contributed by atoms with E-state index in [1.165, 1.54) is 24.0 Å². The van der Waals surface area contributed by atoms with Crippen molar-refractivity contribution in [2.24, 2.45) is 11.8 Å². The molecule has 2 aliphatic heterocycles. The number of carbonyl (C=O) groups is 1. The first-order valence-corrected chi connectivity index (χ1v) is 14.3. The van der Waals surface area contributed by atoms with Gasteiger partial charge in [0.15, 0.2) is 5.78 Å². The molecule has 3 unspecified atom stereocenters. The van der Waals surface area contributed by atoms with Crippen LogP contribution in [0.3, 0.4) is 0 Å². The number of Topliss-reactive ketones (excluding diaryl/α,β-unsaturated/α-hetero) is 1. The molecule has 0 spiro atoms. The number of nitrogens with one attached hydrogen (secondary N) is 1. The van der Waals surface area contributed by atoms with E-state index in [4.69, 9.17) is 0 Å². The summed E-state index contributed by atoms with van der Waals surface area (Å²) in [5.41, 5.74) is 2.93. The average Bonchev–Trinajstić information content (AvgIpc) is 3.36. The summed E-state index contributed by atoms with van der Waals surface area (Å²) in [5, 5.41) is 3.36. The molecule has 2 heterocycles. The number of carbonyl (C=O) groups excluding carboxylic acids is 1. The zero-order chi connectivity index (χ0) is 25.0. The molecule has 2 aromatic rings. The summed E-state index contributed by atoms with van der Waals surface area (Å²) in [5.74, 6) is 0.575. The van der Waals surface area contributed by atoms with Crippen molar-refractivity contribution in [2.75, 3.05) is 39.3 Å². The van der Waals surface area contributed by atoms with E-state index in [9.17, 15) is 13.2 Å². The van der Waals surface area contributed by atoms with Gasteiger partial charge in [-0.1, -0.05) is 55.8 Å². The fourth-order valence-corrected chi connectivity index (χ4v) is 7.23. The molecule has 2 aliphatic rings. The van der Waals surface area contributed by atoms with Crippen LogP contribution in [-0.4, -0.2) is 62.7 Å². The van der Waals surface area contributed by atoms with Gasteiger partial charge >= 0.3 is 0 Å². The molecule has 2 fully saturated rings. The van der Waals surface area contributed by atoms with Crippen LogP contribution < -0.4 is 5.32 Å². The monoisotopic (exact) mass is 497 g/mol. The van der Waals surface area contributed by atoms with Gasteiger partial charge in [-0.3, -0.25) is 9.69 Å². The normalized spacial score (nSPS) is 22.8. The number of ketones is 1. The number of aryl methyl sites for hydroxylation is 1. The van der Waals surface area contributed by atoms with Crippen LogP contribution >= 0.6 is 0 Å². The Hall–Kier alpha value is -2.06. The van der Waals surface area contributed by atoms with Gasteiger partial charge in [-0.05, 0) is 68.8 Å². The van der Waals surface area contributed by atoms with Gasteiger partial charge in [0.05, 0.1) is 11.4 Å². The Morgan fingerprint density at radius 1 is 1.03 bits per heavy atom. The molecular formula is C28H39N3O3S. The first-order valence-electron chi connectivity index (χ1n) is 12.9. The van der Waals surface area contributed by atoms with E-state index in [0.29, 0.717) is 37.0 Å². The summed E-state index contributed by atoms with van der Waals surface area (Å²) in [6.45, 7) is 10.3. The standard InChI is InChI=1S/C28H39N3O3S/c1-21-9-11-24(12-10-21)27(30-13-4-5-14-30)17-29-18-28(32)25-7-6-8-26(16-25)35(33,34)31-19-22(2)15-23(3)20-31/h6-12,16,22-23,27,29H,4-5,13-15,17-20H2,1-3H3. The van der Waals surface area contributed by atoms with E-state index < -0.39 is 10.0 Å². The molecule has 0 saturated carbocycles. The maximum atomic E-state index is 13.3. The second kappa shape index (κ2) is 11.3. The SMILES string of the molecule is Cc1ccc(C(CNCC(=O)c2cccc(S(=O)(=O)N3CC(C)CC(C)C3)c2)N2CCCC2)cc1. The highest BCUT2D eigenvalue weighted by Gasteiger charge is 2.32. The van der Waals surface area contributed by atoms with Crippen LogP contribution in [0.4, 0.5) is 0 Å². The lowest BCUT2D eigenvalue weighted by Gasteiger charge is -2.34. The quantitative estimate of drug-likeness (QED) is 0.524. The van der Waals surface area contributed by atoms with Crippen LogP contribution in [0.2, 0.25) is 0 Å². The first-order chi connectivity index (χ1) is 16.7. The molecular weight excluding hydrogens is 458 g/mol. The smallest absolute Gasteiger partial charge is 0.243 e. The van der Waals surface area contributed by atoms with Crippen molar-refractivity contribution in [2.45, 2.75) is 51.0 Å². The predicted octanol–water partition coefficient (Wildman–Crippen LogP) is 4.27. The number of hydrogen-bond donors (Lipinski definition) is 1. The van der Waals surface area contributed by atoms with Gasteiger partial charge in [-0.25, -0.2) is 8.42 Å². The van der Waals surface area contributed by atoms with Crippen molar-refractivity contribution in [3.8, 4) is 0 Å². The number of likely N-dealkylation sites (tertiary alicyclic amines) is 1. The summed E-state index contributed by atoms with van der Waals surface area (Å²) in [6, 6.07) is 15.4. The van der Waals surface area contributed by atoms with E-state index >= 15 is 0 Å². The molecule has 4 rings (SSSR count). The molecule has 0 radical (unpaired) electrons. The molecule has 1 N–H and O–H groups in total. The van der Waals surface area contributed by atoms with Crippen LogP contribution in [0.15, 0.2) is 53.4 Å². The Labute approximate surface area is 210 Å². The van der Waals surface area contributed by atoms with Crippen LogP contribution in [0, 0.1) is 18.8 Å². The van der Waals surface area contributed by atoms with E-state index in [0.717, 1.165) is 19.5 Å². The van der Waals surface area contributed by atoms with Crippen molar-refractivity contribution in [1.82, 2.24) is 14.5 Å². The van der Waals surface area contributed by atoms with Crippen molar-refractivity contribution < 1.29 is 13.2 Å². The molecule has 2 saturated heterocycles. The minimum Gasteiger partial charge on any atom is -0.308 e. The largest absolute Gasteiger partial charge is 0.308 e. The predicted molar refractivity (Wildman–Crippen MR) is 140 cm³/mol. The van der Waals surface area contributed by atoms with Gasteiger partial charge in [0.25, 0.3) is 0 Å². The summed E-state index contributed by atoms with van der Waals surface area (Å²) in [4.78, 5) is 15.7. The molecule has 35 heavy (non-hydrogen) atoms. The third-order valence-electron chi connectivity index (χ3n) is 7.30. The van der Waals surface area contributed by atoms with Gasteiger partial charge < -0.3 is 5.32 Å². The Balaban J connectivity index is 1.41. The molecule has 0 bridgehead atoms. The molecule has 0 aromatic heterocycles. The lowest BCUT2D eigenvalue weighted by molar-refractivity contribution is 0.0987. The van der Waals surface area contributed by atoms with Gasteiger partial charge in [0.1, 0.15) is 0 Å². The minimum atomic E-state index is -3.61. The lowest BCUT2D eigenvalue weighted by Crippen LogP contribution is -2.42. The van der Waals surface area contributed by atoms with E-state index in [2.05, 4.69) is 55.3 Å².